The number of pyridine rings is 2. The second-order valence-electron chi connectivity index (χ2n) is 5.69. The van der Waals surface area contributed by atoms with Gasteiger partial charge in [0.1, 0.15) is 5.75 Å². The number of hydrogen-bond acceptors (Lipinski definition) is 4. The highest BCUT2D eigenvalue weighted by atomic mass is 16.3. The highest BCUT2D eigenvalue weighted by Gasteiger charge is 2.23. The molecule has 6 nitrogen and oxygen atoms in total. The number of aryl methyl sites for hydroxylation is 1. The lowest BCUT2D eigenvalue weighted by Gasteiger charge is -2.17. The highest BCUT2D eigenvalue weighted by Crippen LogP contribution is 2.35. The number of anilines is 1. The van der Waals surface area contributed by atoms with Crippen LogP contribution in [0.1, 0.15) is 21.5 Å². The summed E-state index contributed by atoms with van der Waals surface area (Å²) >= 11 is 0. The maximum absolute atomic E-state index is 13.0. The van der Waals surface area contributed by atoms with E-state index in [0.29, 0.717) is 16.6 Å². The van der Waals surface area contributed by atoms with E-state index in [2.05, 4.69) is 0 Å². The van der Waals surface area contributed by atoms with Crippen LogP contribution in [0.15, 0.2) is 41.3 Å². The average Bonchev–Trinajstić information content (AvgIpc) is 2.54. The van der Waals surface area contributed by atoms with E-state index >= 15 is 0 Å². The molecule has 2 aromatic heterocycles. The summed E-state index contributed by atoms with van der Waals surface area (Å²) in [6.45, 7) is 3.50. The zero-order valence-corrected chi connectivity index (χ0v) is 13.3. The van der Waals surface area contributed by atoms with E-state index < -0.39 is 5.91 Å². The number of carbonyl (C=O) groups excluding carboxylic acids is 1. The van der Waals surface area contributed by atoms with Crippen LogP contribution in [0.4, 0.5) is 5.69 Å². The number of hydrogen-bond donors (Lipinski definition) is 3. The molecule has 0 aliphatic carbocycles. The molecule has 1 aromatic carbocycles. The number of benzene rings is 1. The van der Waals surface area contributed by atoms with E-state index in [1.165, 1.54) is 4.40 Å². The van der Waals surface area contributed by atoms with E-state index in [1.807, 2.05) is 6.92 Å². The number of carbonyl (C=O) groups is 1. The minimum absolute atomic E-state index is 0.0236. The molecule has 0 atom stereocenters. The van der Waals surface area contributed by atoms with Crippen LogP contribution >= 0.6 is 0 Å². The minimum atomic E-state index is -0.715. The Bertz CT molecular complexity index is 1050. The molecule has 0 fully saturated rings. The summed E-state index contributed by atoms with van der Waals surface area (Å²) < 4.78 is 1.34. The summed E-state index contributed by atoms with van der Waals surface area (Å²) in [6.07, 6.45) is 1.56. The van der Waals surface area contributed by atoms with Gasteiger partial charge in [-0.25, -0.2) is 0 Å². The zero-order valence-electron chi connectivity index (χ0n) is 13.3. The van der Waals surface area contributed by atoms with Crippen molar-refractivity contribution in [3.8, 4) is 16.9 Å². The third kappa shape index (κ3) is 2.11. The van der Waals surface area contributed by atoms with Gasteiger partial charge < -0.3 is 16.6 Å². The monoisotopic (exact) mass is 323 g/mol. The van der Waals surface area contributed by atoms with Crippen molar-refractivity contribution in [3.63, 3.8) is 0 Å². The largest absolute Gasteiger partial charge is 0.508 e. The van der Waals surface area contributed by atoms with Crippen molar-refractivity contribution in [3.05, 3.63) is 63.6 Å². The molecule has 5 N–H and O–H groups in total. The van der Waals surface area contributed by atoms with Gasteiger partial charge in [-0.15, -0.1) is 0 Å². The van der Waals surface area contributed by atoms with Crippen LogP contribution in [0, 0.1) is 13.8 Å². The molecule has 6 heteroatoms. The Morgan fingerprint density at radius 2 is 1.83 bits per heavy atom. The Kier molecular flexibility index (Phi) is 3.52. The molecule has 0 saturated heterocycles. The lowest BCUT2D eigenvalue weighted by molar-refractivity contribution is 0.100. The molecule has 0 aliphatic heterocycles. The Hall–Kier alpha value is -3.28. The fraction of sp³-hybridized carbons (Fsp3) is 0.111. The maximum Gasteiger partial charge on any atom is 0.265 e. The molecule has 2 heterocycles. The highest BCUT2D eigenvalue weighted by molar-refractivity contribution is 6.08. The van der Waals surface area contributed by atoms with Gasteiger partial charge in [0.25, 0.3) is 11.5 Å². The molecule has 3 aromatic rings. The van der Waals surface area contributed by atoms with Gasteiger partial charge in [0, 0.05) is 6.20 Å². The summed E-state index contributed by atoms with van der Waals surface area (Å²) in [6, 6.07) is 8.24. The Morgan fingerprint density at radius 3 is 2.50 bits per heavy atom. The number of amides is 1. The molecule has 3 rings (SSSR count). The van der Waals surface area contributed by atoms with Crippen LogP contribution in [-0.2, 0) is 0 Å². The van der Waals surface area contributed by atoms with Crippen LogP contribution in [0.5, 0.6) is 5.75 Å². The lowest BCUT2D eigenvalue weighted by atomic mass is 9.93. The second-order valence-corrected chi connectivity index (χ2v) is 5.69. The van der Waals surface area contributed by atoms with E-state index in [-0.39, 0.29) is 28.1 Å². The normalized spacial score (nSPS) is 10.9. The van der Waals surface area contributed by atoms with Gasteiger partial charge in [-0.05, 0) is 48.7 Å². The average molecular weight is 323 g/mol. The molecule has 24 heavy (non-hydrogen) atoms. The number of nitrogen functional groups attached to an aromatic ring is 1. The molecular formula is C18H17N3O3. The summed E-state index contributed by atoms with van der Waals surface area (Å²) in [5, 5.41) is 10.0. The number of primary amides is 1. The third-order valence-corrected chi connectivity index (χ3v) is 4.23. The molecule has 122 valence electrons. The number of aromatic nitrogens is 1. The van der Waals surface area contributed by atoms with Crippen molar-refractivity contribution in [2.45, 2.75) is 13.8 Å². The van der Waals surface area contributed by atoms with E-state index in [4.69, 9.17) is 11.5 Å². The van der Waals surface area contributed by atoms with Crippen LogP contribution in [0.3, 0.4) is 0 Å². The van der Waals surface area contributed by atoms with Crippen molar-refractivity contribution in [1.82, 2.24) is 4.40 Å². The Balaban J connectivity index is 2.59. The van der Waals surface area contributed by atoms with Gasteiger partial charge in [0.2, 0.25) is 0 Å². The lowest BCUT2D eigenvalue weighted by Crippen LogP contribution is -2.24. The fourth-order valence-electron chi connectivity index (χ4n) is 3.04. The number of fused-ring (bicyclic) bond motifs is 1. The van der Waals surface area contributed by atoms with Gasteiger partial charge in [-0.1, -0.05) is 12.1 Å². The predicted octanol–water partition coefficient (Wildman–Crippen LogP) is 1.97. The Morgan fingerprint density at radius 1 is 1.12 bits per heavy atom. The number of nitrogens with zero attached hydrogens (tertiary/aromatic N) is 1. The predicted molar refractivity (Wildman–Crippen MR) is 93.2 cm³/mol. The third-order valence-electron chi connectivity index (χ3n) is 4.23. The second kappa shape index (κ2) is 5.42. The quantitative estimate of drug-likeness (QED) is 0.669. The fourth-order valence-corrected chi connectivity index (χ4v) is 3.04. The smallest absolute Gasteiger partial charge is 0.265 e. The van der Waals surface area contributed by atoms with Gasteiger partial charge in [0.05, 0.1) is 22.3 Å². The number of rotatable bonds is 2. The first-order chi connectivity index (χ1) is 11.3. The molecule has 0 spiro atoms. The van der Waals surface area contributed by atoms with E-state index in [1.54, 1.807) is 43.5 Å². The molecular weight excluding hydrogens is 306 g/mol. The molecule has 0 aliphatic rings. The first-order valence-corrected chi connectivity index (χ1v) is 7.36. The van der Waals surface area contributed by atoms with E-state index in [0.717, 1.165) is 5.56 Å². The first-order valence-electron chi connectivity index (χ1n) is 7.36. The number of phenolic OH excluding ortho intramolecular Hbond substituents is 1. The van der Waals surface area contributed by atoms with Crippen molar-refractivity contribution < 1.29 is 9.90 Å². The van der Waals surface area contributed by atoms with Crippen LogP contribution in [0.25, 0.3) is 16.6 Å². The van der Waals surface area contributed by atoms with Crippen LogP contribution in [0.2, 0.25) is 0 Å². The Labute approximate surface area is 138 Å². The standard InChI is InChI=1S/C18H17N3O3/c1-9-6-7-12(22)10(2)13(9)15-16(19)14(17(20)23)11-5-3-4-8-21(11)18(15)24/h3-8,22H,19H2,1-2H3,(H2,20,23). The topological polar surface area (TPSA) is 111 Å². The molecule has 0 radical (unpaired) electrons. The zero-order chi connectivity index (χ0) is 17.6. The van der Waals surface area contributed by atoms with Gasteiger partial charge in [0.15, 0.2) is 0 Å². The van der Waals surface area contributed by atoms with Crippen LogP contribution in [-0.4, -0.2) is 15.4 Å². The summed E-state index contributed by atoms with van der Waals surface area (Å²) in [4.78, 5) is 24.9. The number of aromatic hydroxyl groups is 1. The van der Waals surface area contributed by atoms with Crippen molar-refractivity contribution in [2.75, 3.05) is 5.73 Å². The van der Waals surface area contributed by atoms with E-state index in [9.17, 15) is 14.7 Å². The molecule has 0 bridgehead atoms. The molecule has 0 unspecified atom stereocenters. The minimum Gasteiger partial charge on any atom is -0.508 e. The maximum atomic E-state index is 13.0. The molecule has 1 amide bonds. The number of nitrogens with two attached hydrogens (primary N) is 2. The summed E-state index contributed by atoms with van der Waals surface area (Å²) in [5.41, 5.74) is 13.7. The van der Waals surface area contributed by atoms with Gasteiger partial charge in [-0.3, -0.25) is 14.0 Å². The van der Waals surface area contributed by atoms with Gasteiger partial charge in [-0.2, -0.15) is 0 Å². The van der Waals surface area contributed by atoms with Crippen LogP contribution < -0.4 is 17.0 Å². The summed E-state index contributed by atoms with van der Waals surface area (Å²) in [7, 11) is 0. The van der Waals surface area contributed by atoms with Crippen molar-refractivity contribution >= 4 is 17.1 Å². The number of phenols is 1. The molecule has 0 saturated carbocycles. The van der Waals surface area contributed by atoms with Gasteiger partial charge >= 0.3 is 0 Å². The van der Waals surface area contributed by atoms with Crippen molar-refractivity contribution in [1.29, 1.82) is 0 Å². The summed E-state index contributed by atoms with van der Waals surface area (Å²) in [5.74, 6) is -0.666. The van der Waals surface area contributed by atoms with Crippen molar-refractivity contribution in [2.24, 2.45) is 5.73 Å². The first kappa shape index (κ1) is 15.6. The SMILES string of the molecule is Cc1ccc(O)c(C)c1-c1c(N)c(C(N)=O)c2ccccn2c1=O.